The Morgan fingerprint density at radius 1 is 0.963 bits per heavy atom. The number of hydrogen-bond donors (Lipinski definition) is 1. The molecule has 2 aromatic carbocycles. The molecule has 1 heterocycles. The Hall–Kier alpha value is -3.21. The summed E-state index contributed by atoms with van der Waals surface area (Å²) in [7, 11) is 0. The molecule has 3 rings (SSSR count). The minimum Gasteiger partial charge on any atom is -0.347 e. The molecule has 0 bridgehead atoms. The number of carbonyl (C=O) groups excluding carboxylic acids is 1. The molecule has 0 spiro atoms. The molecule has 0 aliphatic heterocycles. The van der Waals surface area contributed by atoms with Crippen molar-refractivity contribution in [3.8, 4) is 11.3 Å². The largest absolute Gasteiger partial charge is 0.347 e. The molecule has 5 nitrogen and oxygen atoms in total. The molecule has 0 saturated heterocycles. The van der Waals surface area contributed by atoms with Crippen LogP contribution in [0.5, 0.6) is 0 Å². The standard InChI is InChI=1S/C22H23N3O2/c1-16(17-10-6-4-7-11-17)23-21(27)22(2,3)25-20(26)15-14-19(24-25)18-12-8-5-9-13-18/h4-16H,1-3H3,(H,23,27). The van der Waals surface area contributed by atoms with Gasteiger partial charge in [0.25, 0.3) is 5.56 Å². The molecule has 1 atom stereocenters. The zero-order chi connectivity index (χ0) is 19.4. The predicted octanol–water partition coefficient (Wildman–Crippen LogP) is 3.52. The summed E-state index contributed by atoms with van der Waals surface area (Å²) in [5, 5.41) is 7.44. The number of aromatic nitrogens is 2. The van der Waals surface area contributed by atoms with Gasteiger partial charge in [0.2, 0.25) is 5.91 Å². The molecule has 0 aliphatic carbocycles. The van der Waals surface area contributed by atoms with Crippen molar-refractivity contribution in [2.24, 2.45) is 0 Å². The second-order valence-corrected chi connectivity index (χ2v) is 7.00. The SMILES string of the molecule is CC(NC(=O)C(C)(C)n1nc(-c2ccccc2)ccc1=O)c1ccccc1. The van der Waals surface area contributed by atoms with Gasteiger partial charge in [-0.1, -0.05) is 60.7 Å². The minimum atomic E-state index is -1.13. The molecular weight excluding hydrogens is 338 g/mol. The van der Waals surface area contributed by atoms with E-state index in [1.165, 1.54) is 10.7 Å². The molecular formula is C22H23N3O2. The van der Waals surface area contributed by atoms with Crippen LogP contribution in [0.1, 0.15) is 32.4 Å². The highest BCUT2D eigenvalue weighted by molar-refractivity contribution is 5.83. The highest BCUT2D eigenvalue weighted by Gasteiger charge is 2.33. The van der Waals surface area contributed by atoms with Gasteiger partial charge in [-0.25, -0.2) is 4.68 Å². The third-order valence-corrected chi connectivity index (χ3v) is 4.60. The Balaban J connectivity index is 1.89. The van der Waals surface area contributed by atoms with Crippen LogP contribution in [0.3, 0.4) is 0 Å². The minimum absolute atomic E-state index is 0.175. The van der Waals surface area contributed by atoms with Gasteiger partial charge in [-0.15, -0.1) is 0 Å². The smallest absolute Gasteiger partial charge is 0.267 e. The monoisotopic (exact) mass is 361 g/mol. The molecule has 0 fully saturated rings. The average molecular weight is 361 g/mol. The average Bonchev–Trinajstić information content (AvgIpc) is 2.69. The van der Waals surface area contributed by atoms with Gasteiger partial charge in [0.15, 0.2) is 0 Å². The molecule has 0 aliphatic rings. The molecule has 5 heteroatoms. The zero-order valence-electron chi connectivity index (χ0n) is 15.7. The van der Waals surface area contributed by atoms with Gasteiger partial charge in [-0.3, -0.25) is 9.59 Å². The lowest BCUT2D eigenvalue weighted by molar-refractivity contribution is -0.129. The summed E-state index contributed by atoms with van der Waals surface area (Å²) in [6.07, 6.45) is 0. The van der Waals surface area contributed by atoms with Crippen molar-refractivity contribution in [1.29, 1.82) is 0 Å². The number of nitrogens with zero attached hydrogens (tertiary/aromatic N) is 2. The normalized spacial score (nSPS) is 12.4. The lowest BCUT2D eigenvalue weighted by atomic mass is 10.0. The maximum absolute atomic E-state index is 12.9. The van der Waals surface area contributed by atoms with Crippen molar-refractivity contribution in [2.75, 3.05) is 0 Å². The maximum Gasteiger partial charge on any atom is 0.267 e. The Labute approximate surface area is 158 Å². The maximum atomic E-state index is 12.9. The van der Waals surface area contributed by atoms with Gasteiger partial charge in [-0.2, -0.15) is 5.10 Å². The van der Waals surface area contributed by atoms with Crippen molar-refractivity contribution >= 4 is 5.91 Å². The Bertz CT molecular complexity index is 979. The number of nitrogens with one attached hydrogen (secondary N) is 1. The van der Waals surface area contributed by atoms with E-state index in [1.807, 2.05) is 67.6 Å². The van der Waals surface area contributed by atoms with Gasteiger partial charge in [0.1, 0.15) is 5.54 Å². The lowest BCUT2D eigenvalue weighted by Gasteiger charge is -2.27. The summed E-state index contributed by atoms with van der Waals surface area (Å²) in [5.74, 6) is -0.265. The van der Waals surface area contributed by atoms with Crippen molar-refractivity contribution in [3.63, 3.8) is 0 Å². The second kappa shape index (κ2) is 7.58. The summed E-state index contributed by atoms with van der Waals surface area (Å²) in [6.45, 7) is 5.31. The lowest BCUT2D eigenvalue weighted by Crippen LogP contribution is -2.50. The molecule has 1 aromatic heterocycles. The van der Waals surface area contributed by atoms with Crippen molar-refractivity contribution in [2.45, 2.75) is 32.4 Å². The fraction of sp³-hybridized carbons (Fsp3) is 0.227. The zero-order valence-corrected chi connectivity index (χ0v) is 15.7. The van der Waals surface area contributed by atoms with Crippen LogP contribution in [-0.4, -0.2) is 15.7 Å². The Morgan fingerprint density at radius 2 is 1.56 bits per heavy atom. The quantitative estimate of drug-likeness (QED) is 0.756. The third kappa shape index (κ3) is 3.97. The van der Waals surface area contributed by atoms with E-state index in [-0.39, 0.29) is 17.5 Å². The van der Waals surface area contributed by atoms with Crippen LogP contribution in [0.25, 0.3) is 11.3 Å². The summed E-state index contributed by atoms with van der Waals surface area (Å²) in [5.41, 5.74) is 1.08. The number of hydrogen-bond acceptors (Lipinski definition) is 3. The molecule has 138 valence electrons. The van der Waals surface area contributed by atoms with Crippen LogP contribution in [0, 0.1) is 0 Å². The molecule has 27 heavy (non-hydrogen) atoms. The third-order valence-electron chi connectivity index (χ3n) is 4.60. The predicted molar refractivity (Wildman–Crippen MR) is 106 cm³/mol. The van der Waals surface area contributed by atoms with Crippen LogP contribution in [-0.2, 0) is 10.3 Å². The first-order valence-corrected chi connectivity index (χ1v) is 8.92. The first-order valence-electron chi connectivity index (χ1n) is 8.92. The van der Waals surface area contributed by atoms with Crippen molar-refractivity contribution in [3.05, 3.63) is 88.7 Å². The van der Waals surface area contributed by atoms with Crippen LogP contribution >= 0.6 is 0 Å². The Morgan fingerprint density at radius 3 is 2.19 bits per heavy atom. The second-order valence-electron chi connectivity index (χ2n) is 7.00. The molecule has 0 radical (unpaired) electrons. The van der Waals surface area contributed by atoms with Gasteiger partial charge < -0.3 is 5.32 Å². The first kappa shape index (κ1) is 18.6. The highest BCUT2D eigenvalue weighted by Crippen LogP contribution is 2.19. The fourth-order valence-corrected chi connectivity index (χ4v) is 2.87. The summed E-state index contributed by atoms with van der Waals surface area (Å²) in [6, 6.07) is 22.2. The fourth-order valence-electron chi connectivity index (χ4n) is 2.87. The summed E-state index contributed by atoms with van der Waals surface area (Å²) in [4.78, 5) is 25.4. The van der Waals surface area contributed by atoms with E-state index in [1.54, 1.807) is 19.9 Å². The van der Waals surface area contributed by atoms with Crippen LogP contribution in [0.2, 0.25) is 0 Å². The van der Waals surface area contributed by atoms with Crippen LogP contribution in [0.4, 0.5) is 0 Å². The molecule has 1 unspecified atom stereocenters. The van der Waals surface area contributed by atoms with E-state index in [2.05, 4.69) is 10.4 Å². The van der Waals surface area contributed by atoms with Crippen LogP contribution in [0.15, 0.2) is 77.6 Å². The van der Waals surface area contributed by atoms with Gasteiger partial charge in [0, 0.05) is 11.6 Å². The summed E-state index contributed by atoms with van der Waals surface area (Å²) >= 11 is 0. The van der Waals surface area contributed by atoms with Crippen molar-refractivity contribution in [1.82, 2.24) is 15.1 Å². The molecule has 1 amide bonds. The van der Waals surface area contributed by atoms with Crippen molar-refractivity contribution < 1.29 is 4.79 Å². The van der Waals surface area contributed by atoms with E-state index in [4.69, 9.17) is 0 Å². The van der Waals surface area contributed by atoms with Gasteiger partial charge in [0.05, 0.1) is 11.7 Å². The van der Waals surface area contributed by atoms with E-state index in [9.17, 15) is 9.59 Å². The van der Waals surface area contributed by atoms with Gasteiger partial charge in [-0.05, 0) is 32.4 Å². The number of amides is 1. The Kier molecular flexibility index (Phi) is 5.21. The van der Waals surface area contributed by atoms with E-state index >= 15 is 0 Å². The van der Waals surface area contributed by atoms with E-state index < -0.39 is 5.54 Å². The van der Waals surface area contributed by atoms with Gasteiger partial charge >= 0.3 is 0 Å². The van der Waals surface area contributed by atoms with Crippen LogP contribution < -0.4 is 10.9 Å². The number of benzene rings is 2. The van der Waals surface area contributed by atoms with E-state index in [0.29, 0.717) is 5.69 Å². The molecule has 3 aromatic rings. The topological polar surface area (TPSA) is 64.0 Å². The summed E-state index contributed by atoms with van der Waals surface area (Å²) < 4.78 is 1.25. The number of carbonyl (C=O) groups is 1. The van der Waals surface area contributed by atoms with E-state index in [0.717, 1.165) is 11.1 Å². The molecule has 1 N–H and O–H groups in total. The first-order chi connectivity index (χ1) is 12.9. The number of rotatable bonds is 5. The molecule has 0 saturated carbocycles. The highest BCUT2D eigenvalue weighted by atomic mass is 16.2.